The molecule has 2 N–H and O–H groups in total. The normalized spacial score (nSPS) is 16.9. The standard InChI is InChI=1S/C22H27N5O2/c1-13(2)27-15(4)21(14(3)25-27)24-22(29)19-9-10-20(28)26(19)12-16-11-23-18-8-6-5-7-17(16)18/h5-8,11,13,19,23H,9-10,12H2,1-4H3,(H,24,29). The van der Waals surface area contributed by atoms with Crippen LogP contribution in [0.25, 0.3) is 10.9 Å². The number of hydrogen-bond donors (Lipinski definition) is 2. The van der Waals surface area contributed by atoms with Gasteiger partial charge in [-0.05, 0) is 45.7 Å². The molecule has 1 aliphatic rings. The van der Waals surface area contributed by atoms with Crippen molar-refractivity contribution in [2.24, 2.45) is 0 Å². The summed E-state index contributed by atoms with van der Waals surface area (Å²) in [5, 5.41) is 8.65. The number of carbonyl (C=O) groups excluding carboxylic acids is 2. The topological polar surface area (TPSA) is 83.0 Å². The summed E-state index contributed by atoms with van der Waals surface area (Å²) in [5.74, 6) is -0.132. The van der Waals surface area contributed by atoms with E-state index in [-0.39, 0.29) is 17.9 Å². The van der Waals surface area contributed by atoms with Crippen LogP contribution in [-0.4, -0.2) is 37.5 Å². The maximum absolute atomic E-state index is 13.1. The Balaban J connectivity index is 1.56. The zero-order valence-corrected chi connectivity index (χ0v) is 17.3. The number of aromatic amines is 1. The highest BCUT2D eigenvalue weighted by Gasteiger charge is 2.37. The summed E-state index contributed by atoms with van der Waals surface area (Å²) in [4.78, 5) is 30.6. The van der Waals surface area contributed by atoms with Crippen LogP contribution in [0.2, 0.25) is 0 Å². The van der Waals surface area contributed by atoms with Crippen molar-refractivity contribution in [2.45, 2.75) is 59.2 Å². The molecule has 29 heavy (non-hydrogen) atoms. The van der Waals surface area contributed by atoms with Gasteiger partial charge in [-0.2, -0.15) is 5.10 Å². The molecule has 4 rings (SSSR count). The molecule has 152 valence electrons. The summed E-state index contributed by atoms with van der Waals surface area (Å²) in [5.41, 5.74) is 4.52. The number of aryl methyl sites for hydroxylation is 1. The third-order valence-corrected chi connectivity index (χ3v) is 5.71. The van der Waals surface area contributed by atoms with Crippen molar-refractivity contribution in [3.63, 3.8) is 0 Å². The predicted molar refractivity (Wildman–Crippen MR) is 113 cm³/mol. The number of aromatic nitrogens is 3. The van der Waals surface area contributed by atoms with E-state index in [1.54, 1.807) is 4.90 Å². The first-order valence-corrected chi connectivity index (χ1v) is 10.1. The van der Waals surface area contributed by atoms with Gasteiger partial charge in [0, 0.05) is 36.1 Å². The van der Waals surface area contributed by atoms with E-state index in [9.17, 15) is 9.59 Å². The van der Waals surface area contributed by atoms with Crippen LogP contribution < -0.4 is 5.32 Å². The molecule has 1 unspecified atom stereocenters. The molecule has 1 fully saturated rings. The number of nitrogens with zero attached hydrogens (tertiary/aromatic N) is 3. The summed E-state index contributed by atoms with van der Waals surface area (Å²) in [7, 11) is 0. The van der Waals surface area contributed by atoms with E-state index in [1.807, 2.05) is 49.0 Å². The average molecular weight is 393 g/mol. The van der Waals surface area contributed by atoms with E-state index in [1.165, 1.54) is 0 Å². The number of carbonyl (C=O) groups is 2. The first kappa shape index (κ1) is 19.2. The first-order valence-electron chi connectivity index (χ1n) is 10.1. The Labute approximate surface area is 170 Å². The van der Waals surface area contributed by atoms with Gasteiger partial charge in [0.05, 0.1) is 17.1 Å². The highest BCUT2D eigenvalue weighted by molar-refractivity contribution is 5.99. The van der Waals surface area contributed by atoms with Crippen LogP contribution >= 0.6 is 0 Å². The second-order valence-electron chi connectivity index (χ2n) is 8.01. The van der Waals surface area contributed by atoms with Crippen molar-refractivity contribution in [3.05, 3.63) is 47.4 Å². The third-order valence-electron chi connectivity index (χ3n) is 5.71. The molecule has 0 bridgehead atoms. The van der Waals surface area contributed by atoms with E-state index >= 15 is 0 Å². The van der Waals surface area contributed by atoms with Crippen molar-refractivity contribution in [1.29, 1.82) is 0 Å². The van der Waals surface area contributed by atoms with Gasteiger partial charge in [-0.1, -0.05) is 18.2 Å². The number of rotatable bonds is 5. The molecular formula is C22H27N5O2. The van der Waals surface area contributed by atoms with E-state index in [2.05, 4.69) is 29.2 Å². The number of H-pyrrole nitrogens is 1. The molecule has 0 spiro atoms. The Morgan fingerprint density at radius 1 is 1.31 bits per heavy atom. The number of fused-ring (bicyclic) bond motifs is 1. The molecule has 3 aromatic rings. The van der Waals surface area contributed by atoms with Gasteiger partial charge in [-0.15, -0.1) is 0 Å². The molecule has 0 aliphatic carbocycles. The fourth-order valence-electron chi connectivity index (χ4n) is 4.20. The van der Waals surface area contributed by atoms with E-state index < -0.39 is 6.04 Å². The third kappa shape index (κ3) is 3.41. The fraction of sp³-hybridized carbons (Fsp3) is 0.409. The number of benzene rings is 1. The van der Waals surface area contributed by atoms with Crippen molar-refractivity contribution in [3.8, 4) is 0 Å². The minimum atomic E-state index is -0.475. The lowest BCUT2D eigenvalue weighted by Gasteiger charge is -2.24. The molecule has 0 saturated carbocycles. The van der Waals surface area contributed by atoms with E-state index in [0.29, 0.717) is 19.4 Å². The molecule has 0 radical (unpaired) electrons. The Kier molecular flexibility index (Phi) is 4.90. The lowest BCUT2D eigenvalue weighted by atomic mass is 10.1. The number of anilines is 1. The highest BCUT2D eigenvalue weighted by atomic mass is 16.2. The smallest absolute Gasteiger partial charge is 0.247 e. The minimum Gasteiger partial charge on any atom is -0.361 e. The SMILES string of the molecule is Cc1nn(C(C)C)c(C)c1NC(=O)C1CCC(=O)N1Cc1c[nH]c2ccccc12. The molecule has 7 nitrogen and oxygen atoms in total. The van der Waals surface area contributed by atoms with Gasteiger partial charge in [0.2, 0.25) is 11.8 Å². The zero-order chi connectivity index (χ0) is 20.7. The quantitative estimate of drug-likeness (QED) is 0.693. The zero-order valence-electron chi connectivity index (χ0n) is 17.3. The average Bonchev–Trinajstić information content (AvgIpc) is 3.35. The van der Waals surface area contributed by atoms with Crippen molar-refractivity contribution in [2.75, 3.05) is 5.32 Å². The van der Waals surface area contributed by atoms with Crippen LogP contribution in [0.1, 0.15) is 49.7 Å². The summed E-state index contributed by atoms with van der Waals surface area (Å²) < 4.78 is 1.91. The Morgan fingerprint density at radius 2 is 2.07 bits per heavy atom. The van der Waals surface area contributed by atoms with Crippen LogP contribution in [0, 0.1) is 13.8 Å². The maximum atomic E-state index is 13.1. The number of para-hydroxylation sites is 1. The number of likely N-dealkylation sites (tertiary alicyclic amines) is 1. The molecule has 1 aliphatic heterocycles. The number of hydrogen-bond acceptors (Lipinski definition) is 3. The molecule has 1 aromatic carbocycles. The van der Waals surface area contributed by atoms with Crippen LogP contribution in [0.4, 0.5) is 5.69 Å². The van der Waals surface area contributed by atoms with Crippen LogP contribution in [0.15, 0.2) is 30.5 Å². The molecule has 3 heterocycles. The van der Waals surface area contributed by atoms with Crippen molar-refractivity contribution in [1.82, 2.24) is 19.7 Å². The Hall–Kier alpha value is -3.09. The summed E-state index contributed by atoms with van der Waals surface area (Å²) in [6.07, 6.45) is 2.85. The maximum Gasteiger partial charge on any atom is 0.247 e. The van der Waals surface area contributed by atoms with Crippen molar-refractivity contribution >= 4 is 28.4 Å². The highest BCUT2D eigenvalue weighted by Crippen LogP contribution is 2.28. The molecule has 2 aromatic heterocycles. The van der Waals surface area contributed by atoms with Crippen LogP contribution in [0.3, 0.4) is 0 Å². The molecule has 7 heteroatoms. The largest absolute Gasteiger partial charge is 0.361 e. The van der Waals surface area contributed by atoms with Crippen molar-refractivity contribution < 1.29 is 9.59 Å². The van der Waals surface area contributed by atoms with Gasteiger partial charge in [0.1, 0.15) is 6.04 Å². The van der Waals surface area contributed by atoms with Gasteiger partial charge in [0.15, 0.2) is 0 Å². The Morgan fingerprint density at radius 3 is 2.79 bits per heavy atom. The van der Waals surface area contributed by atoms with Gasteiger partial charge in [0.25, 0.3) is 0 Å². The number of amides is 2. The van der Waals surface area contributed by atoms with E-state index in [0.717, 1.165) is 33.5 Å². The first-order chi connectivity index (χ1) is 13.9. The molecule has 1 atom stereocenters. The van der Waals surface area contributed by atoms with Gasteiger partial charge in [-0.25, -0.2) is 0 Å². The predicted octanol–water partition coefficient (Wildman–Crippen LogP) is 3.69. The minimum absolute atomic E-state index is 0.0155. The van der Waals surface area contributed by atoms with Gasteiger partial charge >= 0.3 is 0 Å². The van der Waals surface area contributed by atoms with Crippen LogP contribution in [-0.2, 0) is 16.1 Å². The summed E-state index contributed by atoms with van der Waals surface area (Å²) >= 11 is 0. The molecule has 2 amide bonds. The lowest BCUT2D eigenvalue weighted by Crippen LogP contribution is -2.41. The lowest BCUT2D eigenvalue weighted by molar-refractivity contribution is -0.133. The Bertz CT molecular complexity index is 1080. The molecule has 1 saturated heterocycles. The van der Waals surface area contributed by atoms with E-state index in [4.69, 9.17) is 0 Å². The number of nitrogens with one attached hydrogen (secondary N) is 2. The second-order valence-corrected chi connectivity index (χ2v) is 8.01. The van der Waals surface area contributed by atoms with Crippen LogP contribution in [0.5, 0.6) is 0 Å². The fourth-order valence-corrected chi connectivity index (χ4v) is 4.20. The molecular weight excluding hydrogens is 366 g/mol. The summed E-state index contributed by atoms with van der Waals surface area (Å²) in [6.45, 7) is 8.39. The van der Waals surface area contributed by atoms with Gasteiger partial charge in [-0.3, -0.25) is 14.3 Å². The summed E-state index contributed by atoms with van der Waals surface area (Å²) in [6, 6.07) is 7.73. The van der Waals surface area contributed by atoms with Gasteiger partial charge < -0.3 is 15.2 Å². The second kappa shape index (κ2) is 7.39. The monoisotopic (exact) mass is 393 g/mol.